The number of aliphatic hydroxyl groups excluding tert-OH is 1. The van der Waals surface area contributed by atoms with E-state index >= 15 is 0 Å². The minimum atomic E-state index is 0.253. The number of methoxy groups -OCH3 is 1. The van der Waals surface area contributed by atoms with Crippen molar-refractivity contribution >= 4 is 0 Å². The summed E-state index contributed by atoms with van der Waals surface area (Å²) in [5.74, 6) is 0.913. The van der Waals surface area contributed by atoms with E-state index in [1.54, 1.807) is 7.11 Å². The smallest absolute Gasteiger partial charge is 0.119 e. The van der Waals surface area contributed by atoms with Crippen LogP contribution in [0.2, 0.25) is 0 Å². The SMILES string of the molecule is COc1ccc2c(c1)CNC(CCO)C2. The van der Waals surface area contributed by atoms with E-state index in [0.29, 0.717) is 6.04 Å². The van der Waals surface area contributed by atoms with Crippen LogP contribution in [0.15, 0.2) is 18.2 Å². The molecule has 1 aromatic rings. The lowest BCUT2D eigenvalue weighted by Gasteiger charge is -2.25. The van der Waals surface area contributed by atoms with Crippen LogP contribution in [0.1, 0.15) is 17.5 Å². The highest BCUT2D eigenvalue weighted by molar-refractivity contribution is 5.37. The van der Waals surface area contributed by atoms with Gasteiger partial charge in [0.1, 0.15) is 5.75 Å². The maximum absolute atomic E-state index is 8.89. The molecule has 1 aromatic carbocycles. The van der Waals surface area contributed by atoms with Crippen LogP contribution in [0.5, 0.6) is 5.75 Å². The van der Waals surface area contributed by atoms with Gasteiger partial charge in [-0.3, -0.25) is 0 Å². The highest BCUT2D eigenvalue weighted by Crippen LogP contribution is 2.22. The van der Waals surface area contributed by atoms with Gasteiger partial charge in [0.2, 0.25) is 0 Å². The Morgan fingerprint density at radius 2 is 2.33 bits per heavy atom. The van der Waals surface area contributed by atoms with Gasteiger partial charge < -0.3 is 15.2 Å². The van der Waals surface area contributed by atoms with E-state index in [9.17, 15) is 0 Å². The van der Waals surface area contributed by atoms with E-state index < -0.39 is 0 Å². The molecule has 1 unspecified atom stereocenters. The standard InChI is InChI=1S/C12H17NO2/c1-15-12-3-2-9-6-11(4-5-14)13-8-10(9)7-12/h2-3,7,11,13-14H,4-6,8H2,1H3. The van der Waals surface area contributed by atoms with Crippen LogP contribution in [0.4, 0.5) is 0 Å². The normalized spacial score (nSPS) is 19.7. The first-order valence-electron chi connectivity index (χ1n) is 5.33. The molecular formula is C12H17NO2. The van der Waals surface area contributed by atoms with Gasteiger partial charge in [0.15, 0.2) is 0 Å². The molecule has 2 rings (SSSR count). The lowest BCUT2D eigenvalue weighted by Crippen LogP contribution is -2.36. The predicted octanol–water partition coefficient (Wildman–Crippen LogP) is 1.09. The summed E-state index contributed by atoms with van der Waals surface area (Å²) in [6.07, 6.45) is 1.82. The van der Waals surface area contributed by atoms with Crippen LogP contribution in [-0.4, -0.2) is 24.9 Å². The quantitative estimate of drug-likeness (QED) is 0.779. The number of hydrogen-bond acceptors (Lipinski definition) is 3. The average molecular weight is 207 g/mol. The molecule has 0 fully saturated rings. The third kappa shape index (κ3) is 2.30. The molecule has 1 atom stereocenters. The summed E-state index contributed by atoms with van der Waals surface area (Å²) < 4.78 is 5.19. The monoisotopic (exact) mass is 207 g/mol. The van der Waals surface area contributed by atoms with Crippen LogP contribution < -0.4 is 10.1 Å². The Hall–Kier alpha value is -1.06. The Bertz CT molecular complexity index is 338. The molecule has 0 amide bonds. The minimum absolute atomic E-state index is 0.253. The van der Waals surface area contributed by atoms with Gasteiger partial charge in [-0.1, -0.05) is 6.07 Å². The highest BCUT2D eigenvalue weighted by Gasteiger charge is 2.17. The highest BCUT2D eigenvalue weighted by atomic mass is 16.5. The molecule has 15 heavy (non-hydrogen) atoms. The first-order chi connectivity index (χ1) is 7.33. The van der Waals surface area contributed by atoms with Crippen molar-refractivity contribution in [3.8, 4) is 5.75 Å². The van der Waals surface area contributed by atoms with E-state index in [-0.39, 0.29) is 6.61 Å². The summed E-state index contributed by atoms with van der Waals surface area (Å²) in [6.45, 7) is 1.13. The molecule has 0 saturated carbocycles. The van der Waals surface area contributed by atoms with Crippen molar-refractivity contribution in [3.63, 3.8) is 0 Å². The van der Waals surface area contributed by atoms with Crippen molar-refractivity contribution in [2.45, 2.75) is 25.4 Å². The molecule has 0 aliphatic carbocycles. The predicted molar refractivity (Wildman–Crippen MR) is 59.0 cm³/mol. The topological polar surface area (TPSA) is 41.5 Å². The molecule has 1 heterocycles. The average Bonchev–Trinajstić information content (AvgIpc) is 2.29. The molecule has 0 aromatic heterocycles. The summed E-state index contributed by atoms with van der Waals surface area (Å²) in [7, 11) is 1.69. The Morgan fingerprint density at radius 3 is 3.07 bits per heavy atom. The van der Waals surface area contributed by atoms with E-state index in [4.69, 9.17) is 9.84 Å². The lowest BCUT2D eigenvalue weighted by molar-refractivity contribution is 0.260. The fraction of sp³-hybridized carbons (Fsp3) is 0.500. The van der Waals surface area contributed by atoms with Gasteiger partial charge in [0.05, 0.1) is 7.11 Å². The number of rotatable bonds is 3. The van der Waals surface area contributed by atoms with Crippen molar-refractivity contribution in [3.05, 3.63) is 29.3 Å². The third-order valence-corrected chi connectivity index (χ3v) is 2.94. The Morgan fingerprint density at radius 1 is 1.47 bits per heavy atom. The molecule has 82 valence electrons. The molecule has 0 radical (unpaired) electrons. The molecule has 2 N–H and O–H groups in total. The van der Waals surface area contributed by atoms with Crippen LogP contribution in [0.3, 0.4) is 0 Å². The number of fused-ring (bicyclic) bond motifs is 1. The number of benzene rings is 1. The molecule has 0 saturated heterocycles. The summed E-state index contributed by atoms with van der Waals surface area (Å²) in [5.41, 5.74) is 2.68. The van der Waals surface area contributed by atoms with Gasteiger partial charge >= 0.3 is 0 Å². The summed E-state index contributed by atoms with van der Waals surface area (Å²) in [5, 5.41) is 12.3. The van der Waals surface area contributed by atoms with Crippen LogP contribution in [-0.2, 0) is 13.0 Å². The zero-order chi connectivity index (χ0) is 10.7. The second-order valence-corrected chi connectivity index (χ2v) is 3.93. The van der Waals surface area contributed by atoms with Crippen molar-refractivity contribution in [2.24, 2.45) is 0 Å². The Balaban J connectivity index is 2.13. The van der Waals surface area contributed by atoms with E-state index in [2.05, 4.69) is 17.4 Å². The van der Waals surface area contributed by atoms with Gasteiger partial charge in [0, 0.05) is 19.2 Å². The summed E-state index contributed by atoms with van der Waals surface area (Å²) in [6, 6.07) is 6.62. The zero-order valence-corrected chi connectivity index (χ0v) is 8.99. The fourth-order valence-corrected chi connectivity index (χ4v) is 2.04. The maximum Gasteiger partial charge on any atom is 0.119 e. The Labute approximate surface area is 90.1 Å². The fourth-order valence-electron chi connectivity index (χ4n) is 2.04. The Kier molecular flexibility index (Phi) is 3.23. The zero-order valence-electron chi connectivity index (χ0n) is 8.99. The molecule has 3 nitrogen and oxygen atoms in total. The molecule has 1 aliphatic heterocycles. The summed E-state index contributed by atoms with van der Waals surface area (Å²) in [4.78, 5) is 0. The molecule has 1 aliphatic rings. The van der Waals surface area contributed by atoms with Crippen molar-refractivity contribution < 1.29 is 9.84 Å². The van der Waals surface area contributed by atoms with Gasteiger partial charge in [-0.2, -0.15) is 0 Å². The summed E-state index contributed by atoms with van der Waals surface area (Å²) >= 11 is 0. The van der Waals surface area contributed by atoms with Crippen LogP contribution >= 0.6 is 0 Å². The largest absolute Gasteiger partial charge is 0.497 e. The lowest BCUT2D eigenvalue weighted by atomic mass is 9.94. The number of aliphatic hydroxyl groups is 1. The van der Waals surface area contributed by atoms with Crippen LogP contribution in [0.25, 0.3) is 0 Å². The van der Waals surface area contributed by atoms with Gasteiger partial charge in [0.25, 0.3) is 0 Å². The van der Waals surface area contributed by atoms with Gasteiger partial charge in [-0.25, -0.2) is 0 Å². The van der Waals surface area contributed by atoms with Crippen LogP contribution in [0, 0.1) is 0 Å². The first-order valence-corrected chi connectivity index (χ1v) is 5.33. The van der Waals surface area contributed by atoms with Crippen molar-refractivity contribution in [1.82, 2.24) is 5.32 Å². The second kappa shape index (κ2) is 4.64. The number of nitrogens with one attached hydrogen (secondary N) is 1. The van der Waals surface area contributed by atoms with Crippen molar-refractivity contribution in [1.29, 1.82) is 0 Å². The van der Waals surface area contributed by atoms with Crippen molar-refractivity contribution in [2.75, 3.05) is 13.7 Å². The van der Waals surface area contributed by atoms with E-state index in [1.807, 2.05) is 6.07 Å². The molecule has 0 bridgehead atoms. The second-order valence-electron chi connectivity index (χ2n) is 3.93. The number of ether oxygens (including phenoxy) is 1. The molecule has 0 spiro atoms. The van der Waals surface area contributed by atoms with E-state index in [1.165, 1.54) is 11.1 Å². The molecular weight excluding hydrogens is 190 g/mol. The first kappa shape index (κ1) is 10.5. The number of hydrogen-bond donors (Lipinski definition) is 2. The molecule has 3 heteroatoms. The van der Waals surface area contributed by atoms with Gasteiger partial charge in [-0.05, 0) is 36.1 Å². The van der Waals surface area contributed by atoms with E-state index in [0.717, 1.165) is 25.1 Å². The minimum Gasteiger partial charge on any atom is -0.497 e. The van der Waals surface area contributed by atoms with Gasteiger partial charge in [-0.15, -0.1) is 0 Å². The third-order valence-electron chi connectivity index (χ3n) is 2.94. The maximum atomic E-state index is 8.89.